The summed E-state index contributed by atoms with van der Waals surface area (Å²) in [6.45, 7) is 1.39. The lowest BCUT2D eigenvalue weighted by Gasteiger charge is -2.37. The van der Waals surface area contributed by atoms with Crippen molar-refractivity contribution in [2.24, 2.45) is 0 Å². The molecule has 6 nitrogen and oxygen atoms in total. The molecule has 0 spiro atoms. The number of carbonyl (C=O) groups is 1. The highest BCUT2D eigenvalue weighted by Crippen LogP contribution is 2.33. The fourth-order valence-corrected chi connectivity index (χ4v) is 3.61. The summed E-state index contributed by atoms with van der Waals surface area (Å²) in [4.78, 5) is 15.0. The average molecular weight is 377 g/mol. The van der Waals surface area contributed by atoms with E-state index in [0.717, 1.165) is 35.0 Å². The minimum Gasteiger partial charge on any atom is -0.497 e. The predicted octanol–water partition coefficient (Wildman–Crippen LogP) is 4.14. The first-order valence-corrected chi connectivity index (χ1v) is 9.20. The van der Waals surface area contributed by atoms with Gasteiger partial charge in [0.25, 0.3) is 0 Å². The van der Waals surface area contributed by atoms with Crippen LogP contribution in [-0.4, -0.2) is 36.3 Å². The Hall–Kier alpha value is -3.41. The van der Waals surface area contributed by atoms with Crippen LogP contribution in [0.5, 0.6) is 11.5 Å². The number of ether oxygens (including phenoxy) is 2. The van der Waals surface area contributed by atoms with E-state index >= 15 is 0 Å². The van der Waals surface area contributed by atoms with Crippen LogP contribution in [-0.2, 0) is 6.54 Å². The summed E-state index contributed by atoms with van der Waals surface area (Å²) in [7, 11) is 3.27. The van der Waals surface area contributed by atoms with Gasteiger partial charge in [-0.15, -0.1) is 0 Å². The fourth-order valence-electron chi connectivity index (χ4n) is 3.61. The molecule has 0 fully saturated rings. The van der Waals surface area contributed by atoms with E-state index in [2.05, 4.69) is 22.1 Å². The van der Waals surface area contributed by atoms with E-state index in [-0.39, 0.29) is 12.1 Å². The number of nitrogens with zero attached hydrogens (tertiary/aromatic N) is 2. The molecular weight excluding hydrogens is 354 g/mol. The molecule has 3 aromatic rings. The summed E-state index contributed by atoms with van der Waals surface area (Å²) >= 11 is 0. The van der Waals surface area contributed by atoms with E-state index < -0.39 is 0 Å². The fraction of sp³-hybridized carbons (Fsp3) is 0.227. The van der Waals surface area contributed by atoms with Gasteiger partial charge in [0, 0.05) is 30.7 Å². The summed E-state index contributed by atoms with van der Waals surface area (Å²) in [5.74, 6) is 1.55. The van der Waals surface area contributed by atoms with Crippen LogP contribution in [0, 0.1) is 0 Å². The van der Waals surface area contributed by atoms with Crippen molar-refractivity contribution in [1.82, 2.24) is 9.47 Å². The van der Waals surface area contributed by atoms with Gasteiger partial charge in [-0.05, 0) is 54.1 Å². The topological polar surface area (TPSA) is 55.7 Å². The van der Waals surface area contributed by atoms with Gasteiger partial charge >= 0.3 is 6.03 Å². The number of rotatable bonds is 4. The van der Waals surface area contributed by atoms with Gasteiger partial charge in [-0.2, -0.15) is 0 Å². The Kier molecular flexibility index (Phi) is 4.93. The molecule has 0 unspecified atom stereocenters. The summed E-state index contributed by atoms with van der Waals surface area (Å²) in [5, 5.41) is 3.01. The first-order valence-electron chi connectivity index (χ1n) is 9.20. The number of methoxy groups -OCH3 is 2. The minimum atomic E-state index is -0.159. The zero-order valence-corrected chi connectivity index (χ0v) is 16.0. The molecule has 0 aliphatic carbocycles. The van der Waals surface area contributed by atoms with Crippen molar-refractivity contribution in [3.63, 3.8) is 0 Å². The molecule has 0 saturated carbocycles. The molecule has 6 heteroatoms. The second-order valence-electron chi connectivity index (χ2n) is 6.65. The van der Waals surface area contributed by atoms with Crippen LogP contribution in [0.2, 0.25) is 0 Å². The Morgan fingerprint density at radius 1 is 0.929 bits per heavy atom. The first kappa shape index (κ1) is 18.0. The maximum absolute atomic E-state index is 13.1. The van der Waals surface area contributed by atoms with Crippen LogP contribution < -0.4 is 14.8 Å². The summed E-state index contributed by atoms with van der Waals surface area (Å²) < 4.78 is 12.7. The number of urea groups is 1. The van der Waals surface area contributed by atoms with E-state index in [1.54, 1.807) is 14.2 Å². The minimum absolute atomic E-state index is 0.126. The van der Waals surface area contributed by atoms with Gasteiger partial charge in [0.1, 0.15) is 11.5 Å². The number of hydrogen-bond donors (Lipinski definition) is 1. The summed E-state index contributed by atoms with van der Waals surface area (Å²) in [6.07, 6.45) is 2.06. The van der Waals surface area contributed by atoms with Crippen molar-refractivity contribution >= 4 is 11.7 Å². The first-order chi connectivity index (χ1) is 13.7. The number of anilines is 1. The van der Waals surface area contributed by atoms with E-state index in [1.807, 2.05) is 59.5 Å². The number of carbonyl (C=O) groups excluding carboxylic acids is 1. The molecule has 2 aromatic carbocycles. The van der Waals surface area contributed by atoms with E-state index in [0.29, 0.717) is 6.54 Å². The van der Waals surface area contributed by atoms with Crippen molar-refractivity contribution in [2.45, 2.75) is 12.6 Å². The maximum Gasteiger partial charge on any atom is 0.322 e. The van der Waals surface area contributed by atoms with Crippen LogP contribution in [0.3, 0.4) is 0 Å². The van der Waals surface area contributed by atoms with Crippen LogP contribution >= 0.6 is 0 Å². The van der Waals surface area contributed by atoms with Gasteiger partial charge in [-0.1, -0.05) is 12.1 Å². The molecule has 0 saturated heterocycles. The van der Waals surface area contributed by atoms with Crippen LogP contribution in [0.4, 0.5) is 10.5 Å². The number of aromatic nitrogens is 1. The highest BCUT2D eigenvalue weighted by Gasteiger charge is 2.32. The molecule has 4 rings (SSSR count). The largest absolute Gasteiger partial charge is 0.497 e. The quantitative estimate of drug-likeness (QED) is 0.743. The van der Waals surface area contributed by atoms with Crippen LogP contribution in [0.15, 0.2) is 66.9 Å². The lowest BCUT2D eigenvalue weighted by Crippen LogP contribution is -2.44. The Morgan fingerprint density at radius 3 is 2.21 bits per heavy atom. The molecule has 0 radical (unpaired) electrons. The van der Waals surface area contributed by atoms with Crippen LogP contribution in [0.25, 0.3) is 0 Å². The molecule has 1 aromatic heterocycles. The molecule has 0 bridgehead atoms. The highest BCUT2D eigenvalue weighted by atomic mass is 16.5. The van der Waals surface area contributed by atoms with Gasteiger partial charge in [0.05, 0.1) is 20.3 Å². The summed E-state index contributed by atoms with van der Waals surface area (Å²) in [5.41, 5.74) is 2.88. The monoisotopic (exact) mass is 377 g/mol. The standard InChI is InChI=1S/C22H23N3O3/c1-27-18-9-5-16(6-10-18)21-20-4-3-13-24(20)14-15-25(21)22(26)23-17-7-11-19(28-2)12-8-17/h3-13,21H,14-15H2,1-2H3,(H,23,26)/t21-/m1/s1. The molecule has 2 amide bonds. The molecule has 2 heterocycles. The van der Waals surface area contributed by atoms with Crippen molar-refractivity contribution in [3.8, 4) is 11.5 Å². The molecule has 28 heavy (non-hydrogen) atoms. The second kappa shape index (κ2) is 7.68. The molecule has 1 aliphatic heterocycles. The van der Waals surface area contributed by atoms with E-state index in [1.165, 1.54) is 0 Å². The smallest absolute Gasteiger partial charge is 0.322 e. The third kappa shape index (κ3) is 3.41. The van der Waals surface area contributed by atoms with Crippen molar-refractivity contribution in [2.75, 3.05) is 26.1 Å². The zero-order chi connectivity index (χ0) is 19.5. The number of fused-ring (bicyclic) bond motifs is 1. The SMILES string of the molecule is COc1ccc(NC(=O)N2CCn3cccc3[C@H]2c2ccc(OC)cc2)cc1. The van der Waals surface area contributed by atoms with Crippen molar-refractivity contribution in [1.29, 1.82) is 0 Å². The lowest BCUT2D eigenvalue weighted by molar-refractivity contribution is 0.182. The Balaban J connectivity index is 1.62. The number of benzene rings is 2. The number of amides is 2. The number of nitrogens with one attached hydrogen (secondary N) is 1. The number of hydrogen-bond acceptors (Lipinski definition) is 3. The Labute approximate surface area is 164 Å². The van der Waals surface area contributed by atoms with Gasteiger partial charge in [-0.25, -0.2) is 4.79 Å². The average Bonchev–Trinajstić information content (AvgIpc) is 3.22. The molecule has 1 N–H and O–H groups in total. The van der Waals surface area contributed by atoms with Gasteiger partial charge in [0.2, 0.25) is 0 Å². The summed E-state index contributed by atoms with van der Waals surface area (Å²) in [6, 6.07) is 19.0. The molecule has 1 atom stereocenters. The second-order valence-corrected chi connectivity index (χ2v) is 6.65. The maximum atomic E-state index is 13.1. The Bertz CT molecular complexity index is 948. The molecular formula is C22H23N3O3. The Morgan fingerprint density at radius 2 is 1.57 bits per heavy atom. The normalized spacial score (nSPS) is 15.6. The van der Waals surface area contributed by atoms with Crippen molar-refractivity contribution < 1.29 is 14.3 Å². The van der Waals surface area contributed by atoms with Crippen LogP contribution in [0.1, 0.15) is 17.3 Å². The molecule has 1 aliphatic rings. The third-order valence-electron chi connectivity index (χ3n) is 5.07. The molecule has 144 valence electrons. The van der Waals surface area contributed by atoms with Gasteiger partial charge in [-0.3, -0.25) is 0 Å². The van der Waals surface area contributed by atoms with E-state index in [9.17, 15) is 4.79 Å². The van der Waals surface area contributed by atoms with Crippen molar-refractivity contribution in [3.05, 3.63) is 78.1 Å². The van der Waals surface area contributed by atoms with E-state index in [4.69, 9.17) is 9.47 Å². The highest BCUT2D eigenvalue weighted by molar-refractivity contribution is 5.90. The third-order valence-corrected chi connectivity index (χ3v) is 5.07. The lowest BCUT2D eigenvalue weighted by atomic mass is 10.00. The van der Waals surface area contributed by atoms with Gasteiger partial charge < -0.3 is 24.3 Å². The van der Waals surface area contributed by atoms with Gasteiger partial charge in [0.15, 0.2) is 0 Å². The zero-order valence-electron chi connectivity index (χ0n) is 16.0. The predicted molar refractivity (Wildman–Crippen MR) is 108 cm³/mol.